The Morgan fingerprint density at radius 1 is 1.19 bits per heavy atom. The van der Waals surface area contributed by atoms with Crippen molar-refractivity contribution < 1.29 is 9.53 Å². The number of carbonyl (C=O) groups is 1. The summed E-state index contributed by atoms with van der Waals surface area (Å²) in [5, 5.41) is 6.79. The lowest BCUT2D eigenvalue weighted by Gasteiger charge is -2.48. The Morgan fingerprint density at radius 2 is 1.97 bits per heavy atom. The average molecular weight is 443 g/mol. The number of methoxy groups -OCH3 is 1. The number of amides is 2. The van der Waals surface area contributed by atoms with Gasteiger partial charge in [-0.15, -0.1) is 11.3 Å². The summed E-state index contributed by atoms with van der Waals surface area (Å²) in [6.45, 7) is 9.11. The quantitative estimate of drug-likeness (QED) is 0.742. The number of nitrogens with zero attached hydrogens (tertiary/aromatic N) is 3. The van der Waals surface area contributed by atoms with Crippen molar-refractivity contribution in [2.75, 3.05) is 57.8 Å². The number of hydrogen-bond acceptors (Lipinski definition) is 5. The molecule has 2 aliphatic heterocycles. The number of nitrogens with one attached hydrogen (secondary N) is 1. The highest BCUT2D eigenvalue weighted by molar-refractivity contribution is 7.17. The van der Waals surface area contributed by atoms with Gasteiger partial charge in [0.15, 0.2) is 0 Å². The van der Waals surface area contributed by atoms with Gasteiger partial charge in [-0.05, 0) is 62.2 Å². The predicted octanol–water partition coefficient (Wildman–Crippen LogP) is 3.62. The zero-order valence-corrected chi connectivity index (χ0v) is 19.5. The first-order chi connectivity index (χ1) is 15.0. The van der Waals surface area contributed by atoms with Gasteiger partial charge in [0.05, 0.1) is 13.1 Å². The Kier molecular flexibility index (Phi) is 5.84. The molecule has 2 saturated heterocycles. The summed E-state index contributed by atoms with van der Waals surface area (Å²) in [7, 11) is 1.72. The predicted molar refractivity (Wildman–Crippen MR) is 127 cm³/mol. The maximum Gasteiger partial charge on any atom is 0.317 e. The number of ether oxygens (including phenoxy) is 1. The van der Waals surface area contributed by atoms with Gasteiger partial charge in [-0.2, -0.15) is 0 Å². The maximum absolute atomic E-state index is 12.3. The maximum atomic E-state index is 12.3. The van der Waals surface area contributed by atoms with Gasteiger partial charge in [0.1, 0.15) is 5.60 Å². The van der Waals surface area contributed by atoms with Crippen LogP contribution in [0.4, 0.5) is 10.5 Å². The molecular weight excluding hydrogens is 408 g/mol. The zero-order chi connectivity index (χ0) is 21.4. The second-order valence-corrected chi connectivity index (χ2v) is 10.7. The van der Waals surface area contributed by atoms with E-state index in [1.54, 1.807) is 7.11 Å². The summed E-state index contributed by atoms with van der Waals surface area (Å²) < 4.78 is 6.81. The molecule has 3 aliphatic rings. The summed E-state index contributed by atoms with van der Waals surface area (Å²) >= 11 is 1.83. The van der Waals surface area contributed by atoms with Crippen LogP contribution in [-0.2, 0) is 4.74 Å². The van der Waals surface area contributed by atoms with Crippen molar-refractivity contribution in [3.63, 3.8) is 0 Å². The zero-order valence-electron chi connectivity index (χ0n) is 18.7. The Balaban J connectivity index is 0.996. The van der Waals surface area contributed by atoms with E-state index in [1.165, 1.54) is 28.7 Å². The van der Waals surface area contributed by atoms with Crippen LogP contribution < -0.4 is 10.2 Å². The molecule has 31 heavy (non-hydrogen) atoms. The summed E-state index contributed by atoms with van der Waals surface area (Å²) in [4.78, 5) is 19.3. The average Bonchev–Trinajstić information content (AvgIpc) is 3.22. The van der Waals surface area contributed by atoms with Crippen molar-refractivity contribution >= 4 is 33.1 Å². The van der Waals surface area contributed by atoms with Crippen LogP contribution in [0.3, 0.4) is 0 Å². The number of rotatable bonds is 6. The lowest BCUT2D eigenvalue weighted by molar-refractivity contribution is -0.0917. The van der Waals surface area contributed by atoms with Crippen LogP contribution >= 0.6 is 11.3 Å². The van der Waals surface area contributed by atoms with Crippen molar-refractivity contribution in [1.82, 2.24) is 15.1 Å². The third kappa shape index (κ3) is 4.41. The monoisotopic (exact) mass is 442 g/mol. The fourth-order valence-corrected chi connectivity index (χ4v) is 6.03. The number of thiophene rings is 1. The number of hydrogen-bond donors (Lipinski definition) is 1. The Hall–Kier alpha value is -1.83. The van der Waals surface area contributed by atoms with Crippen molar-refractivity contribution in [1.29, 1.82) is 0 Å². The molecule has 2 amide bonds. The van der Waals surface area contributed by atoms with Gasteiger partial charge in [0.25, 0.3) is 0 Å². The van der Waals surface area contributed by atoms with Gasteiger partial charge < -0.3 is 19.9 Å². The number of fused-ring (bicyclic) bond motifs is 1. The molecule has 168 valence electrons. The fourth-order valence-electron chi connectivity index (χ4n) is 5.22. The lowest BCUT2D eigenvalue weighted by atomic mass is 9.78. The number of benzene rings is 1. The first-order valence-electron chi connectivity index (χ1n) is 11.6. The van der Waals surface area contributed by atoms with E-state index in [2.05, 4.69) is 51.7 Å². The molecule has 0 radical (unpaired) electrons. The highest BCUT2D eigenvalue weighted by atomic mass is 32.1. The molecule has 3 fully saturated rings. The van der Waals surface area contributed by atoms with E-state index in [9.17, 15) is 4.79 Å². The first-order valence-corrected chi connectivity index (χ1v) is 12.4. The third-order valence-electron chi connectivity index (χ3n) is 7.43. The van der Waals surface area contributed by atoms with Crippen molar-refractivity contribution in [2.45, 2.75) is 37.8 Å². The van der Waals surface area contributed by atoms with E-state index in [0.29, 0.717) is 19.1 Å². The molecular formula is C24H34N4O2S. The number of likely N-dealkylation sites (tertiary alicyclic amines) is 1. The fraction of sp³-hybridized carbons (Fsp3) is 0.625. The Morgan fingerprint density at radius 3 is 2.71 bits per heavy atom. The van der Waals surface area contributed by atoms with Crippen LogP contribution in [0.1, 0.15) is 26.2 Å². The molecule has 0 unspecified atom stereocenters. The van der Waals surface area contributed by atoms with Gasteiger partial charge in [-0.25, -0.2) is 4.79 Å². The molecule has 3 heterocycles. The van der Waals surface area contributed by atoms with Crippen LogP contribution in [0.25, 0.3) is 10.1 Å². The van der Waals surface area contributed by atoms with E-state index >= 15 is 0 Å². The molecule has 7 heteroatoms. The van der Waals surface area contributed by atoms with Crippen molar-refractivity contribution in [3.05, 3.63) is 29.6 Å². The summed E-state index contributed by atoms with van der Waals surface area (Å²) in [6, 6.07) is 9.36. The normalized spacial score (nSPS) is 25.9. The van der Waals surface area contributed by atoms with Gasteiger partial charge >= 0.3 is 6.03 Å². The van der Waals surface area contributed by atoms with E-state index in [-0.39, 0.29) is 11.6 Å². The van der Waals surface area contributed by atoms with E-state index in [1.807, 2.05) is 16.2 Å². The van der Waals surface area contributed by atoms with E-state index in [0.717, 1.165) is 44.9 Å². The first kappa shape index (κ1) is 21.0. The minimum atomic E-state index is -0.153. The minimum Gasteiger partial charge on any atom is -0.375 e. The lowest BCUT2D eigenvalue weighted by Crippen LogP contribution is -2.65. The number of piperazine rings is 1. The van der Waals surface area contributed by atoms with Gasteiger partial charge in [0, 0.05) is 55.1 Å². The molecule has 1 N–H and O–H groups in total. The molecule has 1 aliphatic carbocycles. The number of anilines is 1. The highest BCUT2D eigenvalue weighted by Gasteiger charge is 2.42. The molecule has 5 rings (SSSR count). The molecule has 1 aromatic carbocycles. The largest absolute Gasteiger partial charge is 0.375 e. The van der Waals surface area contributed by atoms with Crippen molar-refractivity contribution in [2.24, 2.45) is 5.92 Å². The van der Waals surface area contributed by atoms with Gasteiger partial charge in [-0.1, -0.05) is 6.07 Å². The molecule has 0 bridgehead atoms. The molecule has 0 spiro atoms. The van der Waals surface area contributed by atoms with Crippen LogP contribution in [0.15, 0.2) is 29.6 Å². The van der Waals surface area contributed by atoms with Crippen LogP contribution in [0.2, 0.25) is 0 Å². The highest BCUT2D eigenvalue weighted by Crippen LogP contribution is 2.33. The van der Waals surface area contributed by atoms with E-state index in [4.69, 9.17) is 4.74 Å². The molecule has 2 aromatic rings. The standard InChI is InChI=1S/C24H34N4O2S/c1-24(30-2)16-28(17-24)23(29)25-19-14-18(15-19)6-8-26-9-11-27(12-10-26)21-4-3-5-22-20(21)7-13-31-22/h3-5,7,13,18-19H,6,8-12,14-17H2,1-2H3,(H,25,29). The van der Waals surface area contributed by atoms with Gasteiger partial charge in [-0.3, -0.25) is 4.90 Å². The second kappa shape index (κ2) is 8.60. The smallest absolute Gasteiger partial charge is 0.317 e. The third-order valence-corrected chi connectivity index (χ3v) is 8.32. The summed E-state index contributed by atoms with van der Waals surface area (Å²) in [6.07, 6.45) is 3.50. The van der Waals surface area contributed by atoms with Crippen LogP contribution in [-0.4, -0.2) is 80.4 Å². The summed E-state index contributed by atoms with van der Waals surface area (Å²) in [5.74, 6) is 0.753. The topological polar surface area (TPSA) is 48.1 Å². The van der Waals surface area contributed by atoms with Gasteiger partial charge in [0.2, 0.25) is 0 Å². The summed E-state index contributed by atoms with van der Waals surface area (Å²) in [5.41, 5.74) is 1.24. The number of carbonyl (C=O) groups excluding carboxylic acids is 1. The molecule has 1 aromatic heterocycles. The molecule has 0 atom stereocenters. The van der Waals surface area contributed by atoms with E-state index < -0.39 is 0 Å². The molecule has 6 nitrogen and oxygen atoms in total. The number of urea groups is 1. The van der Waals surface area contributed by atoms with Crippen LogP contribution in [0.5, 0.6) is 0 Å². The van der Waals surface area contributed by atoms with Crippen molar-refractivity contribution in [3.8, 4) is 0 Å². The Labute approximate surface area is 189 Å². The second-order valence-electron chi connectivity index (χ2n) is 9.72. The minimum absolute atomic E-state index is 0.0785. The Bertz CT molecular complexity index is 911. The SMILES string of the molecule is COC1(C)CN(C(=O)NC2CC(CCN3CCN(c4cccc5sccc45)CC3)C2)C1. The van der Waals surface area contributed by atoms with Crippen LogP contribution in [0, 0.1) is 5.92 Å². The molecule has 1 saturated carbocycles.